The SMILES string of the molecule is C/C=C(/C)c1cc(C)ccc1N. The lowest BCUT2D eigenvalue weighted by molar-refractivity contribution is 1.43. The third-order valence-electron chi connectivity index (χ3n) is 2.07. The van der Waals surface area contributed by atoms with Crippen LogP contribution in [0.3, 0.4) is 0 Å². The first-order valence-corrected chi connectivity index (χ1v) is 4.14. The molecule has 0 atom stereocenters. The normalized spacial score (nSPS) is 11.8. The van der Waals surface area contributed by atoms with Gasteiger partial charge in [0, 0.05) is 11.3 Å². The van der Waals surface area contributed by atoms with Gasteiger partial charge in [-0.1, -0.05) is 17.7 Å². The van der Waals surface area contributed by atoms with E-state index in [-0.39, 0.29) is 0 Å². The van der Waals surface area contributed by atoms with E-state index in [1.165, 1.54) is 11.1 Å². The Morgan fingerprint density at radius 2 is 2.08 bits per heavy atom. The van der Waals surface area contributed by atoms with Crippen LogP contribution in [0.1, 0.15) is 25.0 Å². The average molecular weight is 161 g/mol. The molecule has 1 rings (SSSR count). The molecule has 0 heterocycles. The Labute approximate surface area is 73.9 Å². The molecule has 0 aliphatic rings. The van der Waals surface area contributed by atoms with Gasteiger partial charge in [-0.05, 0) is 38.5 Å². The van der Waals surface area contributed by atoms with Gasteiger partial charge >= 0.3 is 0 Å². The van der Waals surface area contributed by atoms with Crippen molar-refractivity contribution in [2.75, 3.05) is 5.73 Å². The fourth-order valence-corrected chi connectivity index (χ4v) is 1.17. The average Bonchev–Trinajstić information content (AvgIpc) is 2.08. The van der Waals surface area contributed by atoms with Crippen LogP contribution in [0.5, 0.6) is 0 Å². The molecule has 0 aliphatic carbocycles. The molecular formula is C11H15N. The number of hydrogen-bond donors (Lipinski definition) is 1. The number of nitrogen functional groups attached to an aromatic ring is 1. The summed E-state index contributed by atoms with van der Waals surface area (Å²) in [5.74, 6) is 0. The molecule has 64 valence electrons. The van der Waals surface area contributed by atoms with Gasteiger partial charge in [0.15, 0.2) is 0 Å². The highest BCUT2D eigenvalue weighted by molar-refractivity contribution is 5.74. The molecule has 0 saturated carbocycles. The highest BCUT2D eigenvalue weighted by Crippen LogP contribution is 2.21. The topological polar surface area (TPSA) is 26.0 Å². The summed E-state index contributed by atoms with van der Waals surface area (Å²) in [5.41, 5.74) is 10.3. The van der Waals surface area contributed by atoms with Crippen LogP contribution in [0.2, 0.25) is 0 Å². The van der Waals surface area contributed by atoms with Crippen molar-refractivity contribution in [3.63, 3.8) is 0 Å². The number of benzene rings is 1. The number of allylic oxidation sites excluding steroid dienone is 2. The van der Waals surface area contributed by atoms with Gasteiger partial charge < -0.3 is 5.73 Å². The molecule has 1 heteroatoms. The first-order valence-electron chi connectivity index (χ1n) is 4.14. The van der Waals surface area contributed by atoms with E-state index in [1.807, 2.05) is 19.1 Å². The minimum Gasteiger partial charge on any atom is -0.398 e. The maximum absolute atomic E-state index is 5.83. The summed E-state index contributed by atoms with van der Waals surface area (Å²) in [6, 6.07) is 6.10. The van der Waals surface area contributed by atoms with Gasteiger partial charge in [-0.15, -0.1) is 0 Å². The number of anilines is 1. The van der Waals surface area contributed by atoms with Crippen LogP contribution in [-0.2, 0) is 0 Å². The van der Waals surface area contributed by atoms with E-state index in [0.29, 0.717) is 0 Å². The predicted octanol–water partition coefficient (Wildman–Crippen LogP) is 3.00. The molecule has 0 amide bonds. The van der Waals surface area contributed by atoms with Crippen LogP contribution in [0, 0.1) is 6.92 Å². The van der Waals surface area contributed by atoms with Gasteiger partial charge in [-0.3, -0.25) is 0 Å². The Kier molecular flexibility index (Phi) is 2.54. The fourth-order valence-electron chi connectivity index (χ4n) is 1.17. The van der Waals surface area contributed by atoms with Crippen LogP contribution in [0.15, 0.2) is 24.3 Å². The maximum Gasteiger partial charge on any atom is 0.0390 e. The molecule has 0 saturated heterocycles. The van der Waals surface area contributed by atoms with Gasteiger partial charge in [0.2, 0.25) is 0 Å². The number of aryl methyl sites for hydroxylation is 1. The Balaban J connectivity index is 3.23. The van der Waals surface area contributed by atoms with Gasteiger partial charge in [-0.2, -0.15) is 0 Å². The number of nitrogens with two attached hydrogens (primary N) is 1. The van der Waals surface area contributed by atoms with Crippen molar-refractivity contribution >= 4 is 11.3 Å². The van der Waals surface area contributed by atoms with E-state index in [4.69, 9.17) is 5.73 Å². The van der Waals surface area contributed by atoms with E-state index >= 15 is 0 Å². The molecule has 0 aliphatic heterocycles. The van der Waals surface area contributed by atoms with E-state index in [9.17, 15) is 0 Å². The standard InChI is InChI=1S/C11H15N/c1-4-9(3)10-7-8(2)5-6-11(10)12/h4-7H,12H2,1-3H3/b9-4-. The lowest BCUT2D eigenvalue weighted by Crippen LogP contribution is -1.92. The second kappa shape index (κ2) is 3.44. The summed E-state index contributed by atoms with van der Waals surface area (Å²) < 4.78 is 0. The fraction of sp³-hybridized carbons (Fsp3) is 0.273. The van der Waals surface area contributed by atoms with Crippen LogP contribution in [0.25, 0.3) is 5.57 Å². The Hall–Kier alpha value is -1.24. The molecule has 0 fully saturated rings. The van der Waals surface area contributed by atoms with Crippen molar-refractivity contribution in [2.45, 2.75) is 20.8 Å². The minimum atomic E-state index is 0.858. The van der Waals surface area contributed by atoms with Crippen LogP contribution < -0.4 is 5.73 Å². The smallest absolute Gasteiger partial charge is 0.0390 e. The lowest BCUT2D eigenvalue weighted by Gasteiger charge is -2.06. The largest absolute Gasteiger partial charge is 0.398 e. The predicted molar refractivity (Wildman–Crippen MR) is 54.9 cm³/mol. The molecule has 0 spiro atoms. The highest BCUT2D eigenvalue weighted by atomic mass is 14.6. The van der Waals surface area contributed by atoms with Gasteiger partial charge in [0.05, 0.1) is 0 Å². The summed E-state index contributed by atoms with van der Waals surface area (Å²) >= 11 is 0. The molecule has 0 radical (unpaired) electrons. The van der Waals surface area contributed by atoms with Gasteiger partial charge in [0.1, 0.15) is 0 Å². The highest BCUT2D eigenvalue weighted by Gasteiger charge is 1.99. The lowest BCUT2D eigenvalue weighted by atomic mass is 10.0. The van der Waals surface area contributed by atoms with E-state index < -0.39 is 0 Å². The zero-order chi connectivity index (χ0) is 9.14. The minimum absolute atomic E-state index is 0.858. The summed E-state index contributed by atoms with van der Waals surface area (Å²) in [6.07, 6.45) is 2.07. The van der Waals surface area contributed by atoms with E-state index in [2.05, 4.69) is 26.0 Å². The maximum atomic E-state index is 5.83. The molecule has 2 N–H and O–H groups in total. The monoisotopic (exact) mass is 161 g/mol. The number of hydrogen-bond acceptors (Lipinski definition) is 1. The van der Waals surface area contributed by atoms with Crippen molar-refractivity contribution < 1.29 is 0 Å². The van der Waals surface area contributed by atoms with Crippen LogP contribution in [-0.4, -0.2) is 0 Å². The molecule has 0 unspecified atom stereocenters. The second-order valence-electron chi connectivity index (χ2n) is 3.06. The van der Waals surface area contributed by atoms with E-state index in [0.717, 1.165) is 11.3 Å². The second-order valence-corrected chi connectivity index (χ2v) is 3.06. The summed E-state index contributed by atoms with van der Waals surface area (Å²) in [7, 11) is 0. The van der Waals surface area contributed by atoms with Crippen molar-refractivity contribution in [1.82, 2.24) is 0 Å². The summed E-state index contributed by atoms with van der Waals surface area (Å²) in [4.78, 5) is 0. The van der Waals surface area contributed by atoms with Crippen molar-refractivity contribution in [3.05, 3.63) is 35.4 Å². The van der Waals surface area contributed by atoms with E-state index in [1.54, 1.807) is 0 Å². The quantitative estimate of drug-likeness (QED) is 0.629. The van der Waals surface area contributed by atoms with Gasteiger partial charge in [-0.25, -0.2) is 0 Å². The Morgan fingerprint density at radius 1 is 1.42 bits per heavy atom. The van der Waals surface area contributed by atoms with Crippen LogP contribution >= 0.6 is 0 Å². The molecule has 0 bridgehead atoms. The third-order valence-corrected chi connectivity index (χ3v) is 2.07. The summed E-state index contributed by atoms with van der Waals surface area (Å²) in [5, 5.41) is 0. The zero-order valence-electron chi connectivity index (χ0n) is 7.89. The first-order chi connectivity index (χ1) is 5.65. The zero-order valence-corrected chi connectivity index (χ0v) is 7.89. The third kappa shape index (κ3) is 1.67. The molecule has 1 aromatic rings. The van der Waals surface area contributed by atoms with Crippen molar-refractivity contribution in [2.24, 2.45) is 0 Å². The Bertz CT molecular complexity index is 311. The number of rotatable bonds is 1. The molecule has 12 heavy (non-hydrogen) atoms. The first kappa shape index (κ1) is 8.85. The Morgan fingerprint density at radius 3 is 2.67 bits per heavy atom. The van der Waals surface area contributed by atoms with Gasteiger partial charge in [0.25, 0.3) is 0 Å². The molecular weight excluding hydrogens is 146 g/mol. The molecule has 1 nitrogen and oxygen atoms in total. The van der Waals surface area contributed by atoms with Crippen LogP contribution in [0.4, 0.5) is 5.69 Å². The van der Waals surface area contributed by atoms with Crippen molar-refractivity contribution in [1.29, 1.82) is 0 Å². The molecule has 1 aromatic carbocycles. The molecule has 0 aromatic heterocycles. The summed E-state index contributed by atoms with van der Waals surface area (Å²) in [6.45, 7) is 6.17. The van der Waals surface area contributed by atoms with Crippen molar-refractivity contribution in [3.8, 4) is 0 Å².